The fraction of sp³-hybridized carbons (Fsp3) is 0.462. The number of nitrogens with one attached hydrogen (secondary N) is 1. The molecule has 6 nitrogen and oxygen atoms in total. The number of likely N-dealkylation sites (N-methyl/N-ethyl adjacent to an activating group) is 1. The molecule has 1 heterocycles. The van der Waals surface area contributed by atoms with Crippen LogP contribution in [-0.2, 0) is 4.74 Å². The van der Waals surface area contributed by atoms with Gasteiger partial charge in [0.25, 0.3) is 5.91 Å². The molecule has 1 atom stereocenters. The van der Waals surface area contributed by atoms with Crippen LogP contribution in [0, 0.1) is 0 Å². The van der Waals surface area contributed by atoms with Gasteiger partial charge in [-0.1, -0.05) is 0 Å². The summed E-state index contributed by atoms with van der Waals surface area (Å²) in [7, 11) is 2.07. The highest BCUT2D eigenvalue weighted by Crippen LogP contribution is 2.17. The maximum atomic E-state index is 11.2. The first-order valence-corrected chi connectivity index (χ1v) is 6.29. The number of primary amides is 1. The number of amides is 1. The summed E-state index contributed by atoms with van der Waals surface area (Å²) in [5.74, 6) is -0.519. The molecular weight excluding hydrogens is 244 g/mol. The van der Waals surface area contributed by atoms with E-state index in [1.807, 2.05) is 6.07 Å². The van der Waals surface area contributed by atoms with E-state index in [2.05, 4.69) is 17.3 Å². The molecule has 1 saturated heterocycles. The van der Waals surface area contributed by atoms with Crippen molar-refractivity contribution in [1.29, 1.82) is 0 Å². The number of morpholine rings is 1. The molecule has 2 rings (SSSR count). The van der Waals surface area contributed by atoms with Crippen molar-refractivity contribution in [3.8, 4) is 0 Å². The van der Waals surface area contributed by atoms with Crippen LogP contribution in [0.1, 0.15) is 10.4 Å². The van der Waals surface area contributed by atoms with Gasteiger partial charge < -0.3 is 26.4 Å². The molecule has 19 heavy (non-hydrogen) atoms. The molecule has 5 N–H and O–H groups in total. The molecule has 0 spiro atoms. The Kier molecular flexibility index (Phi) is 4.24. The Morgan fingerprint density at radius 2 is 2.37 bits per heavy atom. The maximum absolute atomic E-state index is 11.2. The van der Waals surface area contributed by atoms with Crippen molar-refractivity contribution in [3.05, 3.63) is 23.8 Å². The SMILES string of the molecule is CN1CCOC(CNc2ccc(N)c(C(N)=O)c2)C1. The van der Waals surface area contributed by atoms with Gasteiger partial charge in [0.15, 0.2) is 0 Å². The summed E-state index contributed by atoms with van der Waals surface area (Å²) in [4.78, 5) is 13.4. The topological polar surface area (TPSA) is 93.6 Å². The molecule has 1 amide bonds. The van der Waals surface area contributed by atoms with Crippen molar-refractivity contribution in [2.24, 2.45) is 5.73 Å². The summed E-state index contributed by atoms with van der Waals surface area (Å²) in [6, 6.07) is 5.18. The van der Waals surface area contributed by atoms with E-state index in [4.69, 9.17) is 16.2 Å². The van der Waals surface area contributed by atoms with Crippen molar-refractivity contribution in [3.63, 3.8) is 0 Å². The molecule has 0 aromatic heterocycles. The number of carbonyl (C=O) groups is 1. The minimum absolute atomic E-state index is 0.147. The third-order valence-corrected chi connectivity index (χ3v) is 3.19. The Morgan fingerprint density at radius 3 is 3.05 bits per heavy atom. The molecule has 6 heteroatoms. The van der Waals surface area contributed by atoms with Crippen molar-refractivity contribution in [1.82, 2.24) is 4.90 Å². The van der Waals surface area contributed by atoms with Crippen LogP contribution >= 0.6 is 0 Å². The zero-order chi connectivity index (χ0) is 13.8. The van der Waals surface area contributed by atoms with Gasteiger partial charge in [-0.05, 0) is 25.2 Å². The number of nitrogen functional groups attached to an aromatic ring is 1. The van der Waals surface area contributed by atoms with Gasteiger partial charge in [-0.2, -0.15) is 0 Å². The van der Waals surface area contributed by atoms with Crippen LogP contribution in [-0.4, -0.2) is 50.2 Å². The fourth-order valence-electron chi connectivity index (χ4n) is 2.10. The maximum Gasteiger partial charge on any atom is 0.250 e. The Bertz CT molecular complexity index is 464. The highest BCUT2D eigenvalue weighted by atomic mass is 16.5. The number of hydrogen-bond acceptors (Lipinski definition) is 5. The van der Waals surface area contributed by atoms with Gasteiger partial charge in [-0.15, -0.1) is 0 Å². The number of ether oxygens (including phenoxy) is 1. The minimum atomic E-state index is -0.519. The second kappa shape index (κ2) is 5.90. The van der Waals surface area contributed by atoms with Crippen molar-refractivity contribution < 1.29 is 9.53 Å². The van der Waals surface area contributed by atoms with Crippen molar-refractivity contribution >= 4 is 17.3 Å². The van der Waals surface area contributed by atoms with Gasteiger partial charge in [0.05, 0.1) is 18.3 Å². The van der Waals surface area contributed by atoms with E-state index >= 15 is 0 Å². The van der Waals surface area contributed by atoms with Gasteiger partial charge in [-0.25, -0.2) is 0 Å². The normalized spacial score (nSPS) is 20.2. The predicted molar refractivity (Wildman–Crippen MR) is 75.1 cm³/mol. The predicted octanol–water partition coefficient (Wildman–Crippen LogP) is 0.110. The van der Waals surface area contributed by atoms with E-state index in [-0.39, 0.29) is 6.10 Å². The first kappa shape index (κ1) is 13.6. The van der Waals surface area contributed by atoms with Gasteiger partial charge >= 0.3 is 0 Å². The molecule has 0 aliphatic carbocycles. The van der Waals surface area contributed by atoms with Gasteiger partial charge in [-0.3, -0.25) is 4.79 Å². The Balaban J connectivity index is 1.96. The summed E-state index contributed by atoms with van der Waals surface area (Å²) in [6.07, 6.45) is 0.147. The number of rotatable bonds is 4. The van der Waals surface area contributed by atoms with Crippen LogP contribution in [0.25, 0.3) is 0 Å². The first-order chi connectivity index (χ1) is 9.06. The van der Waals surface area contributed by atoms with E-state index in [1.165, 1.54) is 0 Å². The Labute approximate surface area is 112 Å². The minimum Gasteiger partial charge on any atom is -0.398 e. The third-order valence-electron chi connectivity index (χ3n) is 3.19. The largest absolute Gasteiger partial charge is 0.398 e. The standard InChI is InChI=1S/C13H20N4O2/c1-17-4-5-19-10(8-17)7-16-9-2-3-12(14)11(6-9)13(15)18/h2-3,6,10,16H,4-5,7-8,14H2,1H3,(H2,15,18). The smallest absolute Gasteiger partial charge is 0.250 e. The lowest BCUT2D eigenvalue weighted by Gasteiger charge is -2.30. The lowest BCUT2D eigenvalue weighted by Crippen LogP contribution is -2.43. The number of nitrogens with zero attached hydrogens (tertiary/aromatic N) is 1. The lowest BCUT2D eigenvalue weighted by atomic mass is 10.1. The van der Waals surface area contributed by atoms with Crippen molar-refractivity contribution in [2.75, 3.05) is 44.3 Å². The average molecular weight is 264 g/mol. The van der Waals surface area contributed by atoms with E-state index < -0.39 is 5.91 Å². The van der Waals surface area contributed by atoms with Gasteiger partial charge in [0.2, 0.25) is 0 Å². The number of hydrogen-bond donors (Lipinski definition) is 3. The summed E-state index contributed by atoms with van der Waals surface area (Å²) in [6.45, 7) is 3.29. The van der Waals surface area contributed by atoms with Crippen LogP contribution in [0.3, 0.4) is 0 Å². The van der Waals surface area contributed by atoms with E-state index in [0.717, 1.165) is 25.4 Å². The number of anilines is 2. The molecule has 1 aromatic carbocycles. The second-order valence-electron chi connectivity index (χ2n) is 4.80. The quantitative estimate of drug-likeness (QED) is 0.671. The zero-order valence-corrected chi connectivity index (χ0v) is 11.1. The zero-order valence-electron chi connectivity index (χ0n) is 11.1. The van der Waals surface area contributed by atoms with Crippen LogP contribution in [0.2, 0.25) is 0 Å². The molecular formula is C13H20N4O2. The molecule has 1 unspecified atom stereocenters. The van der Waals surface area contributed by atoms with E-state index in [0.29, 0.717) is 17.8 Å². The van der Waals surface area contributed by atoms with E-state index in [1.54, 1.807) is 12.1 Å². The lowest BCUT2D eigenvalue weighted by molar-refractivity contribution is -0.0117. The number of carbonyl (C=O) groups excluding carboxylic acids is 1. The number of nitrogens with two attached hydrogens (primary N) is 2. The number of benzene rings is 1. The molecule has 1 fully saturated rings. The summed E-state index contributed by atoms with van der Waals surface area (Å²) >= 11 is 0. The fourth-order valence-corrected chi connectivity index (χ4v) is 2.10. The third kappa shape index (κ3) is 3.59. The summed E-state index contributed by atoms with van der Waals surface area (Å²) in [5.41, 5.74) is 12.5. The van der Waals surface area contributed by atoms with E-state index in [9.17, 15) is 4.79 Å². The second-order valence-corrected chi connectivity index (χ2v) is 4.80. The van der Waals surface area contributed by atoms with Gasteiger partial charge in [0, 0.05) is 31.0 Å². The van der Waals surface area contributed by atoms with Crippen molar-refractivity contribution in [2.45, 2.75) is 6.10 Å². The Hall–Kier alpha value is -1.79. The summed E-state index contributed by atoms with van der Waals surface area (Å²) in [5, 5.41) is 3.24. The molecule has 0 radical (unpaired) electrons. The molecule has 1 aliphatic heterocycles. The molecule has 0 saturated carbocycles. The highest BCUT2D eigenvalue weighted by molar-refractivity contribution is 5.98. The first-order valence-electron chi connectivity index (χ1n) is 6.29. The van der Waals surface area contributed by atoms with Gasteiger partial charge in [0.1, 0.15) is 0 Å². The molecule has 1 aromatic rings. The van der Waals surface area contributed by atoms with Crippen LogP contribution in [0.15, 0.2) is 18.2 Å². The van der Waals surface area contributed by atoms with Crippen LogP contribution in [0.5, 0.6) is 0 Å². The van der Waals surface area contributed by atoms with Crippen LogP contribution < -0.4 is 16.8 Å². The summed E-state index contributed by atoms with van der Waals surface area (Å²) < 4.78 is 5.65. The van der Waals surface area contributed by atoms with Crippen LogP contribution in [0.4, 0.5) is 11.4 Å². The highest BCUT2D eigenvalue weighted by Gasteiger charge is 2.17. The molecule has 1 aliphatic rings. The Morgan fingerprint density at radius 1 is 1.58 bits per heavy atom. The monoisotopic (exact) mass is 264 g/mol. The average Bonchev–Trinajstić information content (AvgIpc) is 2.37. The molecule has 104 valence electrons. The molecule has 0 bridgehead atoms.